The quantitative estimate of drug-likeness (QED) is 0.530. The van der Waals surface area contributed by atoms with Gasteiger partial charge in [-0.05, 0) is 64.8 Å². The van der Waals surface area contributed by atoms with Gasteiger partial charge in [0.25, 0.3) is 0 Å². The molecule has 0 saturated carbocycles. The maximum Gasteiger partial charge on any atom is 0.233 e. The van der Waals surface area contributed by atoms with E-state index in [1.165, 1.54) is 6.92 Å². The third kappa shape index (κ3) is 6.80. The predicted octanol–water partition coefficient (Wildman–Crippen LogP) is 3.50. The number of piperidine rings is 1. The van der Waals surface area contributed by atoms with E-state index in [0.717, 1.165) is 56.9 Å². The Bertz CT molecular complexity index is 989. The minimum absolute atomic E-state index is 0.0601. The van der Waals surface area contributed by atoms with Crippen LogP contribution in [0.25, 0.3) is 0 Å². The van der Waals surface area contributed by atoms with Gasteiger partial charge >= 0.3 is 0 Å². The molecule has 1 saturated heterocycles. The lowest BCUT2D eigenvalue weighted by atomic mass is 9.96. The standard InChI is InChI=1S/C25H38N8O2/c1-6-31(7-2)22(35)19-11-10-16-33(17-19)25-29-23(28-24(30-25)32(8-3)9-4)27-21-14-12-20(13-15-21)26-18(5)34/h12-15,19H,6-11,16-17H2,1-5H3,(H,26,34)(H,27,28,29,30). The zero-order valence-corrected chi connectivity index (χ0v) is 21.5. The fourth-order valence-electron chi connectivity index (χ4n) is 4.32. The summed E-state index contributed by atoms with van der Waals surface area (Å²) in [7, 11) is 0. The number of rotatable bonds is 10. The SMILES string of the molecule is CCN(CC)C(=O)C1CCCN(c2nc(Nc3ccc(NC(C)=O)cc3)nc(N(CC)CC)n2)C1. The van der Waals surface area contributed by atoms with Crippen molar-refractivity contribution in [3.05, 3.63) is 24.3 Å². The Morgan fingerprint density at radius 3 is 2.23 bits per heavy atom. The molecule has 1 aliphatic heterocycles. The highest BCUT2D eigenvalue weighted by Gasteiger charge is 2.30. The number of benzene rings is 1. The minimum atomic E-state index is -0.115. The Balaban J connectivity index is 1.86. The summed E-state index contributed by atoms with van der Waals surface area (Å²) in [6.45, 7) is 14.0. The average molecular weight is 483 g/mol. The molecule has 0 bridgehead atoms. The van der Waals surface area contributed by atoms with Gasteiger partial charge in [0.2, 0.25) is 29.7 Å². The smallest absolute Gasteiger partial charge is 0.233 e. The van der Waals surface area contributed by atoms with E-state index in [-0.39, 0.29) is 17.7 Å². The van der Waals surface area contributed by atoms with Gasteiger partial charge in [0.05, 0.1) is 5.92 Å². The second-order valence-electron chi connectivity index (χ2n) is 8.61. The van der Waals surface area contributed by atoms with Crippen molar-refractivity contribution in [1.82, 2.24) is 19.9 Å². The average Bonchev–Trinajstić information content (AvgIpc) is 2.86. The van der Waals surface area contributed by atoms with E-state index in [2.05, 4.69) is 39.3 Å². The van der Waals surface area contributed by atoms with E-state index in [1.807, 2.05) is 43.0 Å². The van der Waals surface area contributed by atoms with Gasteiger partial charge in [-0.25, -0.2) is 0 Å². The van der Waals surface area contributed by atoms with Crippen molar-refractivity contribution < 1.29 is 9.59 Å². The molecule has 10 heteroatoms. The van der Waals surface area contributed by atoms with Gasteiger partial charge < -0.3 is 25.3 Å². The van der Waals surface area contributed by atoms with Gasteiger partial charge in [0.1, 0.15) is 0 Å². The van der Waals surface area contributed by atoms with Crippen LogP contribution in [0, 0.1) is 5.92 Å². The molecular formula is C25H38N8O2. The number of hydrogen-bond donors (Lipinski definition) is 2. The maximum absolute atomic E-state index is 13.0. The summed E-state index contributed by atoms with van der Waals surface area (Å²) in [5, 5.41) is 6.04. The van der Waals surface area contributed by atoms with Crippen molar-refractivity contribution in [2.45, 2.75) is 47.5 Å². The van der Waals surface area contributed by atoms with Gasteiger partial charge in [0, 0.05) is 57.6 Å². The van der Waals surface area contributed by atoms with Crippen molar-refractivity contribution in [2.75, 3.05) is 59.7 Å². The van der Waals surface area contributed by atoms with E-state index in [1.54, 1.807) is 0 Å². The lowest BCUT2D eigenvalue weighted by Gasteiger charge is -2.35. The molecule has 0 aliphatic carbocycles. The molecule has 1 aliphatic rings. The molecule has 1 atom stereocenters. The molecule has 2 aromatic rings. The van der Waals surface area contributed by atoms with E-state index in [4.69, 9.17) is 9.97 Å². The summed E-state index contributed by atoms with van der Waals surface area (Å²) >= 11 is 0. The number of carbonyl (C=O) groups excluding carboxylic acids is 2. The van der Waals surface area contributed by atoms with Crippen LogP contribution >= 0.6 is 0 Å². The first-order valence-corrected chi connectivity index (χ1v) is 12.6. The van der Waals surface area contributed by atoms with Crippen molar-refractivity contribution in [1.29, 1.82) is 0 Å². The van der Waals surface area contributed by atoms with E-state index >= 15 is 0 Å². The molecule has 35 heavy (non-hydrogen) atoms. The Morgan fingerprint density at radius 1 is 0.971 bits per heavy atom. The van der Waals surface area contributed by atoms with Gasteiger partial charge in [-0.1, -0.05) is 0 Å². The first-order chi connectivity index (χ1) is 16.9. The molecule has 190 valence electrons. The maximum atomic E-state index is 13.0. The number of carbonyl (C=O) groups is 2. The highest BCUT2D eigenvalue weighted by Crippen LogP contribution is 2.26. The van der Waals surface area contributed by atoms with Crippen molar-refractivity contribution in [3.8, 4) is 0 Å². The van der Waals surface area contributed by atoms with Crippen LogP contribution < -0.4 is 20.4 Å². The van der Waals surface area contributed by atoms with Crippen LogP contribution in [0.15, 0.2) is 24.3 Å². The molecule has 3 rings (SSSR count). The molecule has 1 aromatic heterocycles. The number of hydrogen-bond acceptors (Lipinski definition) is 8. The Hall–Kier alpha value is -3.43. The molecular weight excluding hydrogens is 444 g/mol. The summed E-state index contributed by atoms with van der Waals surface area (Å²) < 4.78 is 0. The molecule has 0 spiro atoms. The minimum Gasteiger partial charge on any atom is -0.343 e. The van der Waals surface area contributed by atoms with Crippen molar-refractivity contribution in [3.63, 3.8) is 0 Å². The third-order valence-corrected chi connectivity index (χ3v) is 6.25. The van der Waals surface area contributed by atoms with E-state index < -0.39 is 0 Å². The fourth-order valence-corrected chi connectivity index (χ4v) is 4.32. The normalized spacial score (nSPS) is 15.5. The Kier molecular flexibility index (Phi) is 9.22. The number of nitrogens with zero attached hydrogens (tertiary/aromatic N) is 6. The summed E-state index contributed by atoms with van der Waals surface area (Å²) in [6.07, 6.45) is 1.79. The molecule has 1 unspecified atom stereocenters. The van der Waals surface area contributed by atoms with Crippen molar-refractivity contribution >= 4 is 41.0 Å². The van der Waals surface area contributed by atoms with Crippen LogP contribution in [0.1, 0.15) is 47.5 Å². The summed E-state index contributed by atoms with van der Waals surface area (Å²) in [6, 6.07) is 7.38. The monoisotopic (exact) mass is 482 g/mol. The van der Waals surface area contributed by atoms with Crippen LogP contribution in [0.4, 0.5) is 29.2 Å². The number of amides is 2. The summed E-state index contributed by atoms with van der Waals surface area (Å²) in [4.78, 5) is 44.6. The van der Waals surface area contributed by atoms with Crippen LogP contribution in [0.5, 0.6) is 0 Å². The molecule has 1 aromatic carbocycles. The fraction of sp³-hybridized carbons (Fsp3) is 0.560. The lowest BCUT2D eigenvalue weighted by Crippen LogP contribution is -2.45. The van der Waals surface area contributed by atoms with Crippen molar-refractivity contribution in [2.24, 2.45) is 5.92 Å². The molecule has 2 N–H and O–H groups in total. The van der Waals surface area contributed by atoms with Crippen LogP contribution in [-0.4, -0.2) is 70.9 Å². The second kappa shape index (κ2) is 12.3. The second-order valence-corrected chi connectivity index (χ2v) is 8.61. The molecule has 0 radical (unpaired) electrons. The van der Waals surface area contributed by atoms with Gasteiger partial charge in [-0.3, -0.25) is 9.59 Å². The number of aromatic nitrogens is 3. The predicted molar refractivity (Wildman–Crippen MR) is 140 cm³/mol. The van der Waals surface area contributed by atoms with Crippen LogP contribution in [0.3, 0.4) is 0 Å². The van der Waals surface area contributed by atoms with Gasteiger partial charge in [-0.15, -0.1) is 0 Å². The molecule has 2 heterocycles. The molecule has 10 nitrogen and oxygen atoms in total. The number of anilines is 5. The van der Waals surface area contributed by atoms with Crippen LogP contribution in [0.2, 0.25) is 0 Å². The zero-order valence-electron chi connectivity index (χ0n) is 21.5. The first kappa shape index (κ1) is 26.2. The number of nitrogens with one attached hydrogen (secondary N) is 2. The van der Waals surface area contributed by atoms with E-state index in [9.17, 15) is 9.59 Å². The summed E-state index contributed by atoms with van der Waals surface area (Å²) in [5.74, 6) is 1.66. The molecule has 2 amide bonds. The highest BCUT2D eigenvalue weighted by molar-refractivity contribution is 5.88. The Morgan fingerprint density at radius 2 is 1.63 bits per heavy atom. The molecule has 1 fully saturated rings. The summed E-state index contributed by atoms with van der Waals surface area (Å²) in [5.41, 5.74) is 1.52. The lowest BCUT2D eigenvalue weighted by molar-refractivity contribution is -0.135. The zero-order chi connectivity index (χ0) is 25.4. The van der Waals surface area contributed by atoms with Gasteiger partial charge in [0.15, 0.2) is 0 Å². The van der Waals surface area contributed by atoms with E-state index in [0.29, 0.717) is 24.4 Å². The van der Waals surface area contributed by atoms with Gasteiger partial charge in [-0.2, -0.15) is 15.0 Å². The third-order valence-electron chi connectivity index (χ3n) is 6.25. The first-order valence-electron chi connectivity index (χ1n) is 12.6. The highest BCUT2D eigenvalue weighted by atomic mass is 16.2. The topological polar surface area (TPSA) is 107 Å². The Labute approximate surface area is 208 Å². The largest absolute Gasteiger partial charge is 0.343 e. The van der Waals surface area contributed by atoms with Crippen LogP contribution in [-0.2, 0) is 9.59 Å².